The van der Waals surface area contributed by atoms with Gasteiger partial charge in [-0.3, -0.25) is 19.7 Å². The van der Waals surface area contributed by atoms with Gasteiger partial charge in [-0.15, -0.1) is 0 Å². The van der Waals surface area contributed by atoms with Gasteiger partial charge in [-0.05, 0) is 18.2 Å². The van der Waals surface area contributed by atoms with Crippen LogP contribution in [0.5, 0.6) is 0 Å². The third kappa shape index (κ3) is 4.62. The number of nitro groups is 1. The van der Waals surface area contributed by atoms with E-state index in [1.54, 1.807) is 0 Å². The van der Waals surface area contributed by atoms with Gasteiger partial charge < -0.3 is 15.2 Å². The van der Waals surface area contributed by atoms with Gasteiger partial charge in [0.2, 0.25) is 15.7 Å². The standard InChI is InChI=1S/C20H13N5O8S2/c26-15(10-24-18(27)14-4-2-1-3-13(14)17(23-24)19(28)29)22-20-21-9-16(34-20)35(32,33)12-7-5-11(6-8-12)25(30)31/h1-9H,10H2,(H,28,29)(H,21,22,26)/p-1. The second-order valence-electron chi connectivity index (χ2n) is 6.93. The van der Waals surface area contributed by atoms with Crippen LogP contribution in [0, 0.1) is 10.1 Å². The number of nitrogens with one attached hydrogen (secondary N) is 1. The second-order valence-corrected chi connectivity index (χ2v) is 10.1. The molecule has 0 saturated carbocycles. The van der Waals surface area contributed by atoms with E-state index in [-0.39, 0.29) is 30.7 Å². The highest BCUT2D eigenvalue weighted by molar-refractivity contribution is 7.93. The van der Waals surface area contributed by atoms with E-state index in [0.717, 1.165) is 30.5 Å². The molecule has 0 radical (unpaired) electrons. The van der Waals surface area contributed by atoms with Gasteiger partial charge in [-0.1, -0.05) is 29.5 Å². The van der Waals surface area contributed by atoms with Crippen LogP contribution >= 0.6 is 11.3 Å². The highest BCUT2D eigenvalue weighted by atomic mass is 32.2. The van der Waals surface area contributed by atoms with Crippen LogP contribution < -0.4 is 16.0 Å². The number of fused-ring (bicyclic) bond motifs is 1. The van der Waals surface area contributed by atoms with Crippen molar-refractivity contribution in [3.05, 3.63) is 80.9 Å². The van der Waals surface area contributed by atoms with Crippen LogP contribution in [-0.2, 0) is 21.2 Å². The summed E-state index contributed by atoms with van der Waals surface area (Å²) >= 11 is 0.622. The lowest BCUT2D eigenvalue weighted by molar-refractivity contribution is -0.384. The number of sulfone groups is 1. The number of hydrogen-bond donors (Lipinski definition) is 1. The molecule has 1 N–H and O–H groups in total. The van der Waals surface area contributed by atoms with Gasteiger partial charge in [0.05, 0.1) is 27.4 Å². The molecule has 0 atom stereocenters. The first-order chi connectivity index (χ1) is 16.6. The van der Waals surface area contributed by atoms with E-state index in [0.29, 0.717) is 16.0 Å². The maximum atomic E-state index is 12.7. The van der Waals surface area contributed by atoms with Crippen molar-refractivity contribution in [1.82, 2.24) is 14.8 Å². The summed E-state index contributed by atoms with van der Waals surface area (Å²) in [5.74, 6) is -2.44. The lowest BCUT2D eigenvalue weighted by Crippen LogP contribution is -2.34. The highest BCUT2D eigenvalue weighted by Gasteiger charge is 2.23. The number of carboxylic acid groups (broad SMARTS) is 1. The molecule has 35 heavy (non-hydrogen) atoms. The van der Waals surface area contributed by atoms with Gasteiger partial charge in [0.15, 0.2) is 5.13 Å². The average Bonchev–Trinajstić information content (AvgIpc) is 3.30. The van der Waals surface area contributed by atoms with E-state index in [1.165, 1.54) is 24.3 Å². The Bertz CT molecular complexity index is 1660. The molecule has 15 heteroatoms. The van der Waals surface area contributed by atoms with Gasteiger partial charge in [0.25, 0.3) is 11.2 Å². The molecule has 0 fully saturated rings. The molecule has 0 aliphatic carbocycles. The molecule has 0 saturated heterocycles. The Morgan fingerprint density at radius 2 is 1.74 bits per heavy atom. The predicted octanol–water partition coefficient (Wildman–Crippen LogP) is 0.596. The number of carboxylic acids is 1. The summed E-state index contributed by atoms with van der Waals surface area (Å²) in [6.45, 7) is -0.673. The third-order valence-electron chi connectivity index (χ3n) is 4.71. The molecular weight excluding hydrogens is 502 g/mol. The van der Waals surface area contributed by atoms with E-state index in [9.17, 15) is 38.0 Å². The van der Waals surface area contributed by atoms with Crippen LogP contribution in [0.2, 0.25) is 0 Å². The fourth-order valence-corrected chi connectivity index (χ4v) is 5.54. The van der Waals surface area contributed by atoms with Crippen molar-refractivity contribution in [3.63, 3.8) is 0 Å². The molecule has 0 aliphatic heterocycles. The number of nitro benzene ring substituents is 1. The largest absolute Gasteiger partial charge is 0.543 e. The highest BCUT2D eigenvalue weighted by Crippen LogP contribution is 2.29. The topological polar surface area (TPSA) is 194 Å². The summed E-state index contributed by atoms with van der Waals surface area (Å²) in [5, 5.41) is 28.2. The van der Waals surface area contributed by atoms with Crippen molar-refractivity contribution in [2.24, 2.45) is 0 Å². The zero-order valence-electron chi connectivity index (χ0n) is 17.3. The first-order valence-electron chi connectivity index (χ1n) is 9.54. The second kappa shape index (κ2) is 9.03. The minimum atomic E-state index is -4.06. The minimum absolute atomic E-state index is 0.0280. The number of carbonyl (C=O) groups is 2. The zero-order chi connectivity index (χ0) is 25.3. The quantitative estimate of drug-likeness (QED) is 0.269. The van der Waals surface area contributed by atoms with Crippen LogP contribution in [-0.4, -0.2) is 40.0 Å². The molecule has 0 spiro atoms. The Morgan fingerprint density at radius 1 is 1.09 bits per heavy atom. The van der Waals surface area contributed by atoms with E-state index < -0.39 is 44.4 Å². The number of rotatable bonds is 7. The Morgan fingerprint density at radius 3 is 2.37 bits per heavy atom. The summed E-state index contributed by atoms with van der Waals surface area (Å²) < 4.78 is 25.9. The minimum Gasteiger partial charge on any atom is -0.543 e. The molecule has 0 aliphatic rings. The lowest BCUT2D eigenvalue weighted by atomic mass is 10.1. The molecule has 1 amide bonds. The molecule has 178 valence electrons. The Labute approximate surface area is 199 Å². The fourth-order valence-electron chi connectivity index (χ4n) is 3.09. The number of hydrogen-bond acceptors (Lipinski definition) is 11. The number of nitrogens with zero attached hydrogens (tertiary/aromatic N) is 4. The molecule has 13 nitrogen and oxygen atoms in total. The number of thiazole rings is 1. The van der Waals surface area contributed by atoms with Crippen molar-refractivity contribution in [2.45, 2.75) is 15.6 Å². The van der Waals surface area contributed by atoms with Crippen molar-refractivity contribution in [1.29, 1.82) is 0 Å². The summed E-state index contributed by atoms with van der Waals surface area (Å²) in [6.07, 6.45) is 1.01. The summed E-state index contributed by atoms with van der Waals surface area (Å²) in [6, 6.07) is 10.1. The Kier molecular flexibility index (Phi) is 6.10. The maximum absolute atomic E-state index is 12.7. The Balaban J connectivity index is 1.56. The van der Waals surface area contributed by atoms with Crippen LogP contribution in [0.4, 0.5) is 10.8 Å². The van der Waals surface area contributed by atoms with E-state index in [1.807, 2.05) is 0 Å². The average molecular weight is 514 g/mol. The number of aromatic nitrogens is 3. The number of carbonyl (C=O) groups excluding carboxylic acids is 2. The van der Waals surface area contributed by atoms with Crippen molar-refractivity contribution in [3.8, 4) is 0 Å². The van der Waals surface area contributed by atoms with Gasteiger partial charge in [0.1, 0.15) is 16.4 Å². The molecule has 0 unspecified atom stereocenters. The van der Waals surface area contributed by atoms with Gasteiger partial charge in [0, 0.05) is 17.5 Å². The monoisotopic (exact) mass is 514 g/mol. The van der Waals surface area contributed by atoms with Gasteiger partial charge in [-0.2, -0.15) is 5.10 Å². The summed E-state index contributed by atoms with van der Waals surface area (Å²) in [7, 11) is -4.06. The number of anilines is 1. The summed E-state index contributed by atoms with van der Waals surface area (Å²) in [4.78, 5) is 50.2. The molecule has 4 rings (SSSR count). The van der Waals surface area contributed by atoms with Crippen LogP contribution in [0.15, 0.2) is 68.6 Å². The van der Waals surface area contributed by atoms with Gasteiger partial charge >= 0.3 is 0 Å². The lowest BCUT2D eigenvalue weighted by Gasteiger charge is -2.11. The van der Waals surface area contributed by atoms with Crippen molar-refractivity contribution < 1.29 is 28.0 Å². The predicted molar refractivity (Wildman–Crippen MR) is 120 cm³/mol. The van der Waals surface area contributed by atoms with E-state index >= 15 is 0 Å². The molecule has 2 aromatic heterocycles. The van der Waals surface area contributed by atoms with E-state index in [2.05, 4.69) is 15.4 Å². The van der Waals surface area contributed by atoms with Gasteiger partial charge in [-0.25, -0.2) is 18.1 Å². The van der Waals surface area contributed by atoms with Crippen LogP contribution in [0.3, 0.4) is 0 Å². The number of non-ortho nitro benzene ring substituents is 1. The normalized spacial score (nSPS) is 11.3. The van der Waals surface area contributed by atoms with Crippen LogP contribution in [0.25, 0.3) is 10.8 Å². The molecule has 2 heterocycles. The first-order valence-corrected chi connectivity index (χ1v) is 11.8. The van der Waals surface area contributed by atoms with Crippen molar-refractivity contribution in [2.75, 3.05) is 5.32 Å². The number of benzene rings is 2. The zero-order valence-corrected chi connectivity index (χ0v) is 18.9. The third-order valence-corrected chi connectivity index (χ3v) is 7.85. The smallest absolute Gasteiger partial charge is 0.275 e. The van der Waals surface area contributed by atoms with Crippen LogP contribution in [0.1, 0.15) is 10.5 Å². The number of amides is 1. The van der Waals surface area contributed by atoms with Crippen molar-refractivity contribution >= 4 is 54.6 Å². The molecular formula is C20H12N5O8S2-. The molecule has 4 aromatic rings. The number of aromatic carboxylic acids is 1. The van der Waals surface area contributed by atoms with E-state index in [4.69, 9.17) is 0 Å². The molecule has 2 aromatic carbocycles. The first kappa shape index (κ1) is 23.7. The SMILES string of the molecule is O=C(Cn1nc(C(=O)[O-])c2ccccc2c1=O)Nc1ncc(S(=O)(=O)c2ccc([N+](=O)[O-])cc2)s1. The summed E-state index contributed by atoms with van der Waals surface area (Å²) in [5.41, 5.74) is -1.50. The molecule has 0 bridgehead atoms. The fraction of sp³-hybridized carbons (Fsp3) is 0.0500. The Hall–Kier alpha value is -4.50. The maximum Gasteiger partial charge on any atom is 0.275 e.